The highest BCUT2D eigenvalue weighted by molar-refractivity contribution is 5.80. The molecule has 9 heteroatoms. The van der Waals surface area contributed by atoms with Gasteiger partial charge < -0.3 is 23.5 Å². The quantitative estimate of drug-likeness (QED) is 0.303. The first-order chi connectivity index (χ1) is 18.3. The second kappa shape index (κ2) is 9.31. The van der Waals surface area contributed by atoms with Crippen molar-refractivity contribution >= 4 is 6.09 Å². The Morgan fingerprint density at radius 3 is 2.50 bits per heavy atom. The monoisotopic (exact) mass is 513 g/mol. The number of amides is 1. The van der Waals surface area contributed by atoms with Crippen LogP contribution in [0.2, 0.25) is 0 Å². The van der Waals surface area contributed by atoms with E-state index in [0.29, 0.717) is 25.4 Å². The fourth-order valence-electron chi connectivity index (χ4n) is 5.09. The molecule has 1 saturated heterocycles. The summed E-state index contributed by atoms with van der Waals surface area (Å²) in [5.41, 5.74) is 4.28. The summed E-state index contributed by atoms with van der Waals surface area (Å²) >= 11 is 0. The summed E-state index contributed by atoms with van der Waals surface area (Å²) < 4.78 is 19.5. The maximum atomic E-state index is 12.4. The lowest BCUT2D eigenvalue weighted by atomic mass is 10.1. The predicted molar refractivity (Wildman–Crippen MR) is 142 cm³/mol. The van der Waals surface area contributed by atoms with Crippen molar-refractivity contribution in [3.63, 3.8) is 0 Å². The molecular weight excluding hydrogens is 482 g/mol. The van der Waals surface area contributed by atoms with Crippen molar-refractivity contribution < 1.29 is 18.8 Å². The number of rotatable bonds is 4. The van der Waals surface area contributed by atoms with Crippen LogP contribution in [0.15, 0.2) is 53.1 Å². The number of ether oxygens (including phenoxy) is 2. The molecule has 0 bridgehead atoms. The third-order valence-electron chi connectivity index (χ3n) is 6.93. The third kappa shape index (κ3) is 4.53. The molecule has 0 radical (unpaired) electrons. The number of fused-ring (bicyclic) bond motifs is 3. The summed E-state index contributed by atoms with van der Waals surface area (Å²) in [6.45, 7) is 9.45. The largest absolute Gasteiger partial charge is 0.490 e. The van der Waals surface area contributed by atoms with E-state index < -0.39 is 5.60 Å². The molecule has 2 aromatic heterocycles. The molecule has 2 aromatic carbocycles. The molecule has 4 heterocycles. The van der Waals surface area contributed by atoms with E-state index in [1.54, 1.807) is 4.90 Å². The van der Waals surface area contributed by atoms with Gasteiger partial charge in [-0.15, -0.1) is 10.2 Å². The Kier molecular flexibility index (Phi) is 5.93. The Balaban J connectivity index is 1.19. The van der Waals surface area contributed by atoms with Crippen LogP contribution in [-0.4, -0.2) is 55.7 Å². The summed E-state index contributed by atoms with van der Waals surface area (Å²) in [5.74, 6) is 3.05. The molecule has 196 valence electrons. The van der Waals surface area contributed by atoms with Gasteiger partial charge >= 0.3 is 6.09 Å². The van der Waals surface area contributed by atoms with Crippen LogP contribution in [-0.2, 0) is 11.3 Å². The van der Waals surface area contributed by atoms with Crippen LogP contribution in [0.3, 0.4) is 0 Å². The van der Waals surface area contributed by atoms with Gasteiger partial charge in [0.15, 0.2) is 11.6 Å². The fraction of sp³-hybridized carbons (Fsp3) is 0.379. The highest BCUT2D eigenvalue weighted by Gasteiger charge is 2.31. The first kappa shape index (κ1) is 24.2. The summed E-state index contributed by atoms with van der Waals surface area (Å²) in [5, 5.41) is 13.4. The highest BCUT2D eigenvalue weighted by Crippen LogP contribution is 2.40. The Labute approximate surface area is 221 Å². The summed E-state index contributed by atoms with van der Waals surface area (Å²) in [7, 11) is 0. The molecular formula is C29H31N5O4. The first-order valence-electron chi connectivity index (χ1n) is 13.0. The molecule has 0 unspecified atom stereocenters. The number of hydrogen-bond acceptors (Lipinski definition) is 7. The van der Waals surface area contributed by atoms with Crippen LogP contribution in [0.5, 0.6) is 5.75 Å². The van der Waals surface area contributed by atoms with Crippen molar-refractivity contribution in [3.05, 3.63) is 59.9 Å². The Hall–Kier alpha value is -4.14. The van der Waals surface area contributed by atoms with Crippen molar-refractivity contribution in [2.75, 3.05) is 13.1 Å². The van der Waals surface area contributed by atoms with E-state index in [1.807, 2.05) is 70.2 Å². The molecule has 0 saturated carbocycles. The maximum absolute atomic E-state index is 12.4. The number of carbonyl (C=O) groups is 1. The van der Waals surface area contributed by atoms with E-state index in [4.69, 9.17) is 14.0 Å². The number of nitrogens with zero attached hydrogens (tertiary/aromatic N) is 5. The van der Waals surface area contributed by atoms with Crippen molar-refractivity contribution in [3.8, 4) is 39.8 Å². The SMILES string of the molecule is Cc1onc(-c2ccccc2)c1-c1nnc2n1Cc1ccc(OC3CCN(C(=O)OC(C)(C)C)CC3)cc1-2. The predicted octanol–water partition coefficient (Wildman–Crippen LogP) is 5.72. The number of benzene rings is 2. The van der Waals surface area contributed by atoms with Gasteiger partial charge in [-0.3, -0.25) is 0 Å². The molecule has 4 aromatic rings. The minimum atomic E-state index is -0.495. The van der Waals surface area contributed by atoms with Gasteiger partial charge in [-0.05, 0) is 45.4 Å². The number of aromatic nitrogens is 4. The molecule has 0 atom stereocenters. The Morgan fingerprint density at radius 2 is 1.76 bits per heavy atom. The lowest BCUT2D eigenvalue weighted by molar-refractivity contribution is 0.0126. The first-order valence-corrected chi connectivity index (χ1v) is 13.0. The van der Waals surface area contributed by atoms with E-state index in [-0.39, 0.29) is 12.2 Å². The van der Waals surface area contributed by atoms with Crippen molar-refractivity contribution in [1.29, 1.82) is 0 Å². The standard InChI is InChI=1S/C29H31N5O4/c1-18-24(25(32-38-18)19-8-6-5-7-9-19)27-31-30-26-23-16-22(11-10-20(23)17-34(26)27)36-21-12-14-33(15-13-21)28(35)37-29(2,3)4/h5-11,16,21H,12-15,17H2,1-4H3. The zero-order chi connectivity index (χ0) is 26.4. The van der Waals surface area contributed by atoms with Gasteiger partial charge in [-0.25, -0.2) is 4.79 Å². The van der Waals surface area contributed by atoms with E-state index >= 15 is 0 Å². The minimum absolute atomic E-state index is 0.0367. The summed E-state index contributed by atoms with van der Waals surface area (Å²) in [6.07, 6.45) is 1.29. The van der Waals surface area contributed by atoms with Crippen LogP contribution in [0.1, 0.15) is 44.9 Å². The zero-order valence-corrected chi connectivity index (χ0v) is 22.1. The lowest BCUT2D eigenvalue weighted by Gasteiger charge is -2.33. The second-order valence-electron chi connectivity index (χ2n) is 10.9. The number of hydrogen-bond donors (Lipinski definition) is 0. The molecule has 38 heavy (non-hydrogen) atoms. The highest BCUT2D eigenvalue weighted by atomic mass is 16.6. The van der Waals surface area contributed by atoms with Gasteiger partial charge in [0.2, 0.25) is 0 Å². The summed E-state index contributed by atoms with van der Waals surface area (Å²) in [4.78, 5) is 14.1. The van der Waals surface area contributed by atoms with E-state index in [2.05, 4.69) is 26.0 Å². The molecule has 0 N–H and O–H groups in total. The molecule has 6 rings (SSSR count). The molecule has 0 aliphatic carbocycles. The van der Waals surface area contributed by atoms with E-state index in [0.717, 1.165) is 52.6 Å². The van der Waals surface area contributed by atoms with Crippen molar-refractivity contribution in [1.82, 2.24) is 24.8 Å². The fourth-order valence-corrected chi connectivity index (χ4v) is 5.09. The number of piperidine rings is 1. The molecule has 1 amide bonds. The maximum Gasteiger partial charge on any atom is 0.410 e. The van der Waals surface area contributed by atoms with Gasteiger partial charge in [-0.2, -0.15) is 0 Å². The van der Waals surface area contributed by atoms with Gasteiger partial charge in [0.05, 0.1) is 12.1 Å². The average Bonchev–Trinajstić information content (AvgIpc) is 3.57. The van der Waals surface area contributed by atoms with Crippen LogP contribution in [0.25, 0.3) is 34.0 Å². The van der Waals surface area contributed by atoms with Crippen LogP contribution in [0.4, 0.5) is 4.79 Å². The molecule has 9 nitrogen and oxygen atoms in total. The van der Waals surface area contributed by atoms with Gasteiger partial charge in [0, 0.05) is 37.1 Å². The average molecular weight is 514 g/mol. The normalized spacial score (nSPS) is 15.3. The molecule has 1 fully saturated rings. The van der Waals surface area contributed by atoms with Crippen LogP contribution >= 0.6 is 0 Å². The van der Waals surface area contributed by atoms with E-state index in [1.165, 1.54) is 5.56 Å². The van der Waals surface area contributed by atoms with Crippen LogP contribution in [0, 0.1) is 6.92 Å². The Morgan fingerprint density at radius 1 is 1.03 bits per heavy atom. The number of aryl methyl sites for hydroxylation is 1. The number of carbonyl (C=O) groups excluding carboxylic acids is 1. The number of likely N-dealkylation sites (tertiary alicyclic amines) is 1. The van der Waals surface area contributed by atoms with Gasteiger partial charge in [0.25, 0.3) is 0 Å². The topological polar surface area (TPSA) is 95.5 Å². The van der Waals surface area contributed by atoms with Crippen LogP contribution < -0.4 is 4.74 Å². The Bertz CT molecular complexity index is 1480. The molecule has 2 aliphatic rings. The van der Waals surface area contributed by atoms with Gasteiger partial charge in [0.1, 0.15) is 28.9 Å². The van der Waals surface area contributed by atoms with Crippen molar-refractivity contribution in [2.24, 2.45) is 0 Å². The van der Waals surface area contributed by atoms with E-state index in [9.17, 15) is 4.79 Å². The molecule has 2 aliphatic heterocycles. The van der Waals surface area contributed by atoms with Crippen molar-refractivity contribution in [2.45, 2.75) is 58.8 Å². The lowest BCUT2D eigenvalue weighted by Crippen LogP contribution is -2.44. The summed E-state index contributed by atoms with van der Waals surface area (Å²) in [6, 6.07) is 16.1. The van der Waals surface area contributed by atoms with Gasteiger partial charge in [-0.1, -0.05) is 41.6 Å². The minimum Gasteiger partial charge on any atom is -0.490 e. The zero-order valence-electron chi connectivity index (χ0n) is 22.1. The third-order valence-corrected chi connectivity index (χ3v) is 6.93. The smallest absolute Gasteiger partial charge is 0.410 e. The second-order valence-corrected chi connectivity index (χ2v) is 10.9. The molecule has 0 spiro atoms.